The van der Waals surface area contributed by atoms with Gasteiger partial charge in [-0.2, -0.15) is 0 Å². The maximum atomic E-state index is 4.39. The minimum atomic E-state index is 0.570. The van der Waals surface area contributed by atoms with Crippen LogP contribution in [-0.2, 0) is 0 Å². The Hall–Kier alpha value is -0.450. The number of likely N-dealkylation sites (N-methyl/N-ethyl adjacent to an activating group) is 1. The van der Waals surface area contributed by atoms with E-state index >= 15 is 0 Å². The molecule has 16 heavy (non-hydrogen) atoms. The molecule has 1 saturated heterocycles. The lowest BCUT2D eigenvalue weighted by atomic mass is 10.2. The third-order valence-electron chi connectivity index (χ3n) is 3.17. The number of rotatable bonds is 5. The maximum absolute atomic E-state index is 4.39. The van der Waals surface area contributed by atoms with Crippen molar-refractivity contribution in [2.45, 2.75) is 32.2 Å². The van der Waals surface area contributed by atoms with Crippen molar-refractivity contribution < 1.29 is 0 Å². The molecule has 0 bridgehead atoms. The van der Waals surface area contributed by atoms with E-state index in [9.17, 15) is 0 Å². The van der Waals surface area contributed by atoms with E-state index < -0.39 is 0 Å². The van der Waals surface area contributed by atoms with Crippen molar-refractivity contribution in [1.29, 1.82) is 0 Å². The summed E-state index contributed by atoms with van der Waals surface area (Å²) in [5.74, 6) is 0.570. The van der Waals surface area contributed by atoms with Crippen LogP contribution in [0.4, 0.5) is 0 Å². The average Bonchev–Trinajstić information content (AvgIpc) is 2.89. The van der Waals surface area contributed by atoms with E-state index in [1.807, 2.05) is 6.20 Å². The van der Waals surface area contributed by atoms with E-state index in [0.717, 1.165) is 13.1 Å². The quantitative estimate of drug-likeness (QED) is 0.851. The van der Waals surface area contributed by atoms with E-state index in [-0.39, 0.29) is 0 Å². The fourth-order valence-corrected chi connectivity index (χ4v) is 3.09. The molecule has 1 aliphatic heterocycles. The number of nitrogens with zero attached hydrogens (tertiary/aromatic N) is 2. The second-order valence-electron chi connectivity index (χ2n) is 4.57. The molecule has 0 aliphatic carbocycles. The molecule has 2 heterocycles. The van der Waals surface area contributed by atoms with E-state index in [1.54, 1.807) is 11.3 Å². The Balaban J connectivity index is 1.78. The van der Waals surface area contributed by atoms with Gasteiger partial charge >= 0.3 is 0 Å². The fourth-order valence-electron chi connectivity index (χ4n) is 2.40. The van der Waals surface area contributed by atoms with Gasteiger partial charge in [0.2, 0.25) is 0 Å². The SMILES string of the molecule is CCNC1CCN(CC(C)c2nccs2)C1. The van der Waals surface area contributed by atoms with Gasteiger partial charge in [-0.3, -0.25) is 0 Å². The molecule has 2 unspecified atom stereocenters. The number of nitrogens with one attached hydrogen (secondary N) is 1. The lowest BCUT2D eigenvalue weighted by Crippen LogP contribution is -2.33. The third kappa shape index (κ3) is 3.03. The molecule has 0 radical (unpaired) electrons. The summed E-state index contributed by atoms with van der Waals surface area (Å²) in [5.41, 5.74) is 0. The van der Waals surface area contributed by atoms with Crippen LogP contribution in [0.25, 0.3) is 0 Å². The smallest absolute Gasteiger partial charge is 0.0965 e. The molecule has 4 heteroatoms. The van der Waals surface area contributed by atoms with Gasteiger partial charge in [0.25, 0.3) is 0 Å². The van der Waals surface area contributed by atoms with E-state index in [2.05, 4.69) is 34.4 Å². The van der Waals surface area contributed by atoms with Crippen LogP contribution in [0.3, 0.4) is 0 Å². The van der Waals surface area contributed by atoms with Crippen molar-refractivity contribution in [2.24, 2.45) is 0 Å². The molecule has 0 saturated carbocycles. The molecule has 0 spiro atoms. The molecule has 0 amide bonds. The summed E-state index contributed by atoms with van der Waals surface area (Å²) >= 11 is 1.77. The number of hydrogen-bond acceptors (Lipinski definition) is 4. The van der Waals surface area contributed by atoms with Crippen LogP contribution in [0.5, 0.6) is 0 Å². The molecule has 1 aromatic heterocycles. The molecular weight excluding hydrogens is 218 g/mol. The van der Waals surface area contributed by atoms with Gasteiger partial charge in [0, 0.05) is 36.6 Å². The first-order chi connectivity index (χ1) is 7.79. The first-order valence-corrected chi connectivity index (χ1v) is 7.02. The highest BCUT2D eigenvalue weighted by Gasteiger charge is 2.23. The van der Waals surface area contributed by atoms with E-state index in [1.165, 1.54) is 24.5 Å². The third-order valence-corrected chi connectivity index (χ3v) is 4.18. The van der Waals surface area contributed by atoms with Crippen LogP contribution in [0.2, 0.25) is 0 Å². The minimum absolute atomic E-state index is 0.570. The van der Waals surface area contributed by atoms with Crippen molar-refractivity contribution in [3.8, 4) is 0 Å². The second-order valence-corrected chi connectivity index (χ2v) is 5.50. The second kappa shape index (κ2) is 5.75. The summed E-state index contributed by atoms with van der Waals surface area (Å²) < 4.78 is 0. The summed E-state index contributed by atoms with van der Waals surface area (Å²) in [6.45, 7) is 9.12. The van der Waals surface area contributed by atoms with E-state index in [4.69, 9.17) is 0 Å². The van der Waals surface area contributed by atoms with Gasteiger partial charge in [-0.25, -0.2) is 4.98 Å². The fraction of sp³-hybridized carbons (Fsp3) is 0.750. The number of thiazole rings is 1. The van der Waals surface area contributed by atoms with Gasteiger partial charge in [-0.1, -0.05) is 13.8 Å². The zero-order chi connectivity index (χ0) is 11.4. The van der Waals surface area contributed by atoms with Crippen molar-refractivity contribution >= 4 is 11.3 Å². The highest BCUT2D eigenvalue weighted by molar-refractivity contribution is 7.09. The van der Waals surface area contributed by atoms with Gasteiger partial charge in [0.1, 0.15) is 0 Å². The van der Waals surface area contributed by atoms with Gasteiger partial charge in [-0.05, 0) is 19.5 Å². The Morgan fingerprint density at radius 2 is 2.56 bits per heavy atom. The topological polar surface area (TPSA) is 28.2 Å². The number of hydrogen-bond donors (Lipinski definition) is 1. The predicted molar refractivity (Wildman–Crippen MR) is 69.1 cm³/mol. The minimum Gasteiger partial charge on any atom is -0.313 e. The standard InChI is InChI=1S/C12H21N3S/c1-3-13-11-4-6-15(9-11)8-10(2)12-14-5-7-16-12/h5,7,10-11,13H,3-4,6,8-9H2,1-2H3. The van der Waals surface area contributed by atoms with Crippen molar-refractivity contribution in [1.82, 2.24) is 15.2 Å². The van der Waals surface area contributed by atoms with Gasteiger partial charge in [-0.15, -0.1) is 11.3 Å². The summed E-state index contributed by atoms with van der Waals surface area (Å²) in [6.07, 6.45) is 3.19. The summed E-state index contributed by atoms with van der Waals surface area (Å²) in [7, 11) is 0. The monoisotopic (exact) mass is 239 g/mol. The Morgan fingerprint density at radius 1 is 1.69 bits per heavy atom. The normalized spacial score (nSPS) is 23.8. The zero-order valence-electron chi connectivity index (χ0n) is 10.1. The molecule has 1 aliphatic rings. The lowest BCUT2D eigenvalue weighted by molar-refractivity contribution is 0.311. The zero-order valence-corrected chi connectivity index (χ0v) is 11.0. The molecule has 1 fully saturated rings. The molecule has 0 aromatic carbocycles. The van der Waals surface area contributed by atoms with Crippen LogP contribution < -0.4 is 5.32 Å². The Labute approximate surface area is 102 Å². The lowest BCUT2D eigenvalue weighted by Gasteiger charge is -2.19. The van der Waals surface area contributed by atoms with Crippen LogP contribution in [0.1, 0.15) is 31.2 Å². The number of likely N-dealkylation sites (tertiary alicyclic amines) is 1. The molecule has 2 atom stereocenters. The predicted octanol–water partition coefficient (Wildman–Crippen LogP) is 1.93. The summed E-state index contributed by atoms with van der Waals surface area (Å²) in [4.78, 5) is 6.94. The van der Waals surface area contributed by atoms with Crippen LogP contribution in [-0.4, -0.2) is 42.1 Å². The molecule has 1 N–H and O–H groups in total. The Kier molecular flexibility index (Phi) is 4.32. The summed E-state index contributed by atoms with van der Waals surface area (Å²) in [5, 5.41) is 6.86. The van der Waals surface area contributed by atoms with Gasteiger partial charge in [0.15, 0.2) is 0 Å². The number of aromatic nitrogens is 1. The molecule has 3 nitrogen and oxygen atoms in total. The highest BCUT2D eigenvalue weighted by Crippen LogP contribution is 2.20. The van der Waals surface area contributed by atoms with E-state index in [0.29, 0.717) is 12.0 Å². The van der Waals surface area contributed by atoms with Crippen molar-refractivity contribution in [3.63, 3.8) is 0 Å². The van der Waals surface area contributed by atoms with Crippen LogP contribution in [0, 0.1) is 0 Å². The first-order valence-electron chi connectivity index (χ1n) is 6.14. The Bertz CT molecular complexity index is 299. The van der Waals surface area contributed by atoms with Gasteiger partial charge < -0.3 is 10.2 Å². The largest absolute Gasteiger partial charge is 0.313 e. The first kappa shape index (κ1) is 12.0. The highest BCUT2D eigenvalue weighted by atomic mass is 32.1. The molecule has 2 rings (SSSR count). The Morgan fingerprint density at radius 3 is 3.25 bits per heavy atom. The maximum Gasteiger partial charge on any atom is 0.0965 e. The molecule has 1 aromatic rings. The van der Waals surface area contributed by atoms with Gasteiger partial charge in [0.05, 0.1) is 5.01 Å². The summed E-state index contributed by atoms with van der Waals surface area (Å²) in [6, 6.07) is 0.702. The van der Waals surface area contributed by atoms with Crippen LogP contribution in [0.15, 0.2) is 11.6 Å². The van der Waals surface area contributed by atoms with Crippen molar-refractivity contribution in [3.05, 3.63) is 16.6 Å². The average molecular weight is 239 g/mol. The van der Waals surface area contributed by atoms with Crippen LogP contribution >= 0.6 is 11.3 Å². The molecule has 90 valence electrons. The van der Waals surface area contributed by atoms with Crippen molar-refractivity contribution in [2.75, 3.05) is 26.2 Å². The molecular formula is C12H21N3S.